The SMILES string of the molecule is Clc1cc(NC2CC3CCC2O3)ncn1. The number of ether oxygens (including phenoxy) is 1. The maximum absolute atomic E-state index is 5.79. The lowest BCUT2D eigenvalue weighted by Crippen LogP contribution is -2.30. The molecular weight excluding hydrogens is 214 g/mol. The predicted molar refractivity (Wildman–Crippen MR) is 57.0 cm³/mol. The van der Waals surface area contributed by atoms with E-state index in [-0.39, 0.29) is 0 Å². The molecule has 2 bridgehead atoms. The van der Waals surface area contributed by atoms with Crippen LogP contribution in [0.3, 0.4) is 0 Å². The van der Waals surface area contributed by atoms with Gasteiger partial charge in [-0.1, -0.05) is 11.6 Å². The zero-order valence-electron chi connectivity index (χ0n) is 8.19. The second-order valence-corrected chi connectivity index (χ2v) is 4.47. The van der Waals surface area contributed by atoms with Gasteiger partial charge in [-0.15, -0.1) is 0 Å². The van der Waals surface area contributed by atoms with Gasteiger partial charge in [0.25, 0.3) is 0 Å². The van der Waals surface area contributed by atoms with Crippen molar-refractivity contribution in [2.24, 2.45) is 0 Å². The van der Waals surface area contributed by atoms with Crippen molar-refractivity contribution in [2.75, 3.05) is 5.32 Å². The lowest BCUT2D eigenvalue weighted by atomic mass is 9.95. The fourth-order valence-electron chi connectivity index (χ4n) is 2.39. The summed E-state index contributed by atoms with van der Waals surface area (Å²) < 4.78 is 5.75. The molecule has 0 aliphatic carbocycles. The van der Waals surface area contributed by atoms with Crippen LogP contribution >= 0.6 is 11.6 Å². The molecule has 3 rings (SSSR count). The number of nitrogens with one attached hydrogen (secondary N) is 1. The van der Waals surface area contributed by atoms with Crippen LogP contribution in [0.4, 0.5) is 5.82 Å². The van der Waals surface area contributed by atoms with Crippen LogP contribution in [0.2, 0.25) is 5.15 Å². The van der Waals surface area contributed by atoms with Crippen LogP contribution in [0.1, 0.15) is 19.3 Å². The molecule has 2 aliphatic rings. The van der Waals surface area contributed by atoms with Crippen molar-refractivity contribution < 1.29 is 4.74 Å². The van der Waals surface area contributed by atoms with E-state index in [2.05, 4.69) is 15.3 Å². The maximum Gasteiger partial charge on any atom is 0.134 e. The number of fused-ring (bicyclic) bond motifs is 2. The summed E-state index contributed by atoms with van der Waals surface area (Å²) in [4.78, 5) is 7.97. The molecule has 0 amide bonds. The van der Waals surface area contributed by atoms with E-state index in [4.69, 9.17) is 16.3 Å². The first-order valence-electron chi connectivity index (χ1n) is 5.21. The molecule has 1 aromatic rings. The van der Waals surface area contributed by atoms with Crippen molar-refractivity contribution in [3.05, 3.63) is 17.5 Å². The van der Waals surface area contributed by atoms with Gasteiger partial charge in [-0.3, -0.25) is 0 Å². The summed E-state index contributed by atoms with van der Waals surface area (Å²) in [5.41, 5.74) is 0. The Morgan fingerprint density at radius 1 is 1.40 bits per heavy atom. The van der Waals surface area contributed by atoms with Crippen molar-refractivity contribution in [2.45, 2.75) is 37.5 Å². The fourth-order valence-corrected chi connectivity index (χ4v) is 2.54. The number of nitrogens with zero attached hydrogens (tertiary/aromatic N) is 2. The molecule has 5 heteroatoms. The zero-order valence-corrected chi connectivity index (χ0v) is 8.94. The number of rotatable bonds is 2. The number of hydrogen-bond donors (Lipinski definition) is 1. The van der Waals surface area contributed by atoms with Gasteiger partial charge in [-0.2, -0.15) is 0 Å². The first kappa shape index (κ1) is 9.36. The van der Waals surface area contributed by atoms with E-state index in [1.807, 2.05) is 0 Å². The molecule has 2 saturated heterocycles. The normalized spacial score (nSPS) is 33.3. The Balaban J connectivity index is 1.71. The smallest absolute Gasteiger partial charge is 0.134 e. The third kappa shape index (κ3) is 1.79. The predicted octanol–water partition coefficient (Wildman–Crippen LogP) is 1.86. The van der Waals surface area contributed by atoms with E-state index in [9.17, 15) is 0 Å². The van der Waals surface area contributed by atoms with Crippen LogP contribution in [0, 0.1) is 0 Å². The molecule has 0 aromatic carbocycles. The standard InChI is InChI=1S/C10H12ClN3O/c11-9-4-10(13-5-12-9)14-7-3-6-1-2-8(7)15-6/h4-8H,1-3H2,(H,12,13,14). The highest BCUT2D eigenvalue weighted by Crippen LogP contribution is 2.35. The maximum atomic E-state index is 5.79. The van der Waals surface area contributed by atoms with Gasteiger partial charge < -0.3 is 10.1 Å². The van der Waals surface area contributed by atoms with Crippen molar-refractivity contribution in [1.29, 1.82) is 0 Å². The van der Waals surface area contributed by atoms with Crippen LogP contribution in [0.5, 0.6) is 0 Å². The van der Waals surface area contributed by atoms with Crippen LogP contribution in [0.15, 0.2) is 12.4 Å². The molecule has 0 saturated carbocycles. The van der Waals surface area contributed by atoms with Gasteiger partial charge in [0, 0.05) is 6.07 Å². The monoisotopic (exact) mass is 225 g/mol. The highest BCUT2D eigenvalue weighted by atomic mass is 35.5. The van der Waals surface area contributed by atoms with E-state index in [0.29, 0.717) is 23.4 Å². The summed E-state index contributed by atoms with van der Waals surface area (Å²) in [6, 6.07) is 2.13. The quantitative estimate of drug-likeness (QED) is 0.781. The Morgan fingerprint density at radius 3 is 3.00 bits per heavy atom. The third-order valence-corrected chi connectivity index (χ3v) is 3.28. The van der Waals surface area contributed by atoms with Crippen LogP contribution in [-0.2, 0) is 4.74 Å². The zero-order chi connectivity index (χ0) is 10.3. The van der Waals surface area contributed by atoms with Gasteiger partial charge in [0.15, 0.2) is 0 Å². The molecule has 1 aromatic heterocycles. The Hall–Kier alpha value is -0.870. The van der Waals surface area contributed by atoms with E-state index < -0.39 is 0 Å². The van der Waals surface area contributed by atoms with Crippen LogP contribution in [0.25, 0.3) is 0 Å². The Bertz CT molecular complexity index is 373. The number of halogens is 1. The summed E-state index contributed by atoms with van der Waals surface area (Å²) in [5, 5.41) is 3.82. The lowest BCUT2D eigenvalue weighted by molar-refractivity contribution is 0.102. The minimum Gasteiger partial charge on any atom is -0.373 e. The molecule has 1 N–H and O–H groups in total. The first-order chi connectivity index (χ1) is 7.31. The summed E-state index contributed by atoms with van der Waals surface area (Å²) in [6.07, 6.45) is 5.70. The second-order valence-electron chi connectivity index (χ2n) is 4.09. The molecular formula is C10H12ClN3O. The van der Waals surface area contributed by atoms with Gasteiger partial charge in [-0.05, 0) is 19.3 Å². The van der Waals surface area contributed by atoms with E-state index in [0.717, 1.165) is 18.7 Å². The molecule has 15 heavy (non-hydrogen) atoms. The van der Waals surface area contributed by atoms with Crippen molar-refractivity contribution in [1.82, 2.24) is 9.97 Å². The van der Waals surface area contributed by atoms with Crippen molar-refractivity contribution >= 4 is 17.4 Å². The largest absolute Gasteiger partial charge is 0.373 e. The van der Waals surface area contributed by atoms with E-state index in [1.165, 1.54) is 12.7 Å². The summed E-state index contributed by atoms with van der Waals surface area (Å²) in [5.74, 6) is 0.788. The number of aromatic nitrogens is 2. The minimum atomic E-state index is 0.351. The van der Waals surface area contributed by atoms with E-state index >= 15 is 0 Å². The molecule has 3 heterocycles. The Morgan fingerprint density at radius 2 is 2.33 bits per heavy atom. The first-order valence-corrected chi connectivity index (χ1v) is 5.58. The molecule has 3 unspecified atom stereocenters. The van der Waals surface area contributed by atoms with Crippen LogP contribution < -0.4 is 5.32 Å². The fraction of sp³-hybridized carbons (Fsp3) is 0.600. The molecule has 2 aliphatic heterocycles. The molecule has 4 nitrogen and oxygen atoms in total. The summed E-state index contributed by atoms with van der Waals surface area (Å²) in [7, 11) is 0. The second kappa shape index (κ2) is 3.61. The topological polar surface area (TPSA) is 47.0 Å². The van der Waals surface area contributed by atoms with Gasteiger partial charge in [-0.25, -0.2) is 9.97 Å². The van der Waals surface area contributed by atoms with Gasteiger partial charge in [0.1, 0.15) is 17.3 Å². The minimum absolute atomic E-state index is 0.351. The van der Waals surface area contributed by atoms with E-state index in [1.54, 1.807) is 6.07 Å². The number of anilines is 1. The van der Waals surface area contributed by atoms with Gasteiger partial charge in [0.05, 0.1) is 18.2 Å². The highest BCUT2D eigenvalue weighted by molar-refractivity contribution is 6.29. The average Bonchev–Trinajstić information content (AvgIpc) is 2.79. The molecule has 2 fully saturated rings. The van der Waals surface area contributed by atoms with Gasteiger partial charge >= 0.3 is 0 Å². The molecule has 0 radical (unpaired) electrons. The van der Waals surface area contributed by atoms with Crippen molar-refractivity contribution in [3.8, 4) is 0 Å². The Kier molecular flexibility index (Phi) is 2.25. The molecule has 3 atom stereocenters. The van der Waals surface area contributed by atoms with Gasteiger partial charge in [0.2, 0.25) is 0 Å². The lowest BCUT2D eigenvalue weighted by Gasteiger charge is -2.20. The average molecular weight is 226 g/mol. The Labute approximate surface area is 93.0 Å². The van der Waals surface area contributed by atoms with Crippen LogP contribution in [-0.4, -0.2) is 28.2 Å². The molecule has 0 spiro atoms. The molecule has 80 valence electrons. The highest BCUT2D eigenvalue weighted by Gasteiger charge is 2.40. The number of hydrogen-bond acceptors (Lipinski definition) is 4. The third-order valence-electron chi connectivity index (χ3n) is 3.07. The van der Waals surface area contributed by atoms with Crippen molar-refractivity contribution in [3.63, 3.8) is 0 Å². The summed E-state index contributed by atoms with van der Waals surface area (Å²) >= 11 is 5.79. The summed E-state index contributed by atoms with van der Waals surface area (Å²) in [6.45, 7) is 0.